The first-order valence-electron chi connectivity index (χ1n) is 6.63. The molecule has 0 spiro atoms. The van der Waals surface area contributed by atoms with E-state index in [0.717, 1.165) is 23.4 Å². The maximum atomic E-state index is 11.6. The van der Waals surface area contributed by atoms with Crippen molar-refractivity contribution < 1.29 is 9.53 Å². The molecule has 1 aliphatic heterocycles. The molecule has 1 aromatic carbocycles. The number of hydrogen-bond acceptors (Lipinski definition) is 4. The Balaban J connectivity index is 1.95. The van der Waals surface area contributed by atoms with Crippen molar-refractivity contribution in [1.82, 2.24) is 4.98 Å². The van der Waals surface area contributed by atoms with Gasteiger partial charge in [0.1, 0.15) is 5.82 Å². The highest BCUT2D eigenvalue weighted by atomic mass is 35.5. The van der Waals surface area contributed by atoms with Crippen LogP contribution >= 0.6 is 11.6 Å². The van der Waals surface area contributed by atoms with Gasteiger partial charge in [0.25, 0.3) is 0 Å². The summed E-state index contributed by atoms with van der Waals surface area (Å²) in [6, 6.07) is 9.59. The van der Waals surface area contributed by atoms with Crippen LogP contribution < -0.4 is 5.32 Å². The van der Waals surface area contributed by atoms with E-state index in [9.17, 15) is 4.79 Å². The second-order valence-corrected chi connectivity index (χ2v) is 5.80. The lowest BCUT2D eigenvalue weighted by Crippen LogP contribution is -2.29. The number of esters is 1. The Bertz CT molecular complexity index is 717. The van der Waals surface area contributed by atoms with Crippen molar-refractivity contribution in [3.8, 4) is 0 Å². The first-order chi connectivity index (χ1) is 10.0. The Morgan fingerprint density at radius 1 is 1.43 bits per heavy atom. The number of aromatic nitrogens is 1. The number of fused-ring (bicyclic) bond motifs is 1. The summed E-state index contributed by atoms with van der Waals surface area (Å²) in [6.07, 6.45) is 2.27. The Morgan fingerprint density at radius 2 is 2.24 bits per heavy atom. The summed E-state index contributed by atoms with van der Waals surface area (Å²) in [5.41, 5.74) is 2.27. The highest BCUT2D eigenvalue weighted by Gasteiger charge is 2.35. The maximum Gasteiger partial charge on any atom is 0.339 e. The van der Waals surface area contributed by atoms with Crippen molar-refractivity contribution in [2.45, 2.75) is 18.9 Å². The second kappa shape index (κ2) is 5.04. The lowest BCUT2D eigenvalue weighted by molar-refractivity contribution is 0.0600. The van der Waals surface area contributed by atoms with Gasteiger partial charge in [-0.3, -0.25) is 0 Å². The van der Waals surface area contributed by atoms with Crippen molar-refractivity contribution >= 4 is 23.4 Å². The number of halogens is 1. The zero-order valence-electron chi connectivity index (χ0n) is 11.8. The minimum atomic E-state index is -0.373. The van der Waals surface area contributed by atoms with Crippen LogP contribution in [0.15, 0.2) is 36.5 Å². The van der Waals surface area contributed by atoms with E-state index in [1.54, 1.807) is 0 Å². The van der Waals surface area contributed by atoms with Gasteiger partial charge < -0.3 is 10.1 Å². The number of hydrogen-bond donors (Lipinski definition) is 1. The lowest BCUT2D eigenvalue weighted by atomic mass is 9.89. The zero-order chi connectivity index (χ0) is 15.0. The fraction of sp³-hybridized carbons (Fsp3) is 0.250. The van der Waals surface area contributed by atoms with E-state index in [4.69, 9.17) is 16.3 Å². The number of anilines is 1. The number of carbonyl (C=O) groups is 1. The van der Waals surface area contributed by atoms with E-state index >= 15 is 0 Å². The van der Waals surface area contributed by atoms with Gasteiger partial charge in [-0.2, -0.15) is 0 Å². The summed E-state index contributed by atoms with van der Waals surface area (Å²) < 4.78 is 4.73. The van der Waals surface area contributed by atoms with Gasteiger partial charge in [0.05, 0.1) is 18.2 Å². The third-order valence-electron chi connectivity index (χ3n) is 3.79. The average Bonchev–Trinajstić information content (AvgIpc) is 2.83. The van der Waals surface area contributed by atoms with E-state index in [2.05, 4.69) is 17.2 Å². The summed E-state index contributed by atoms with van der Waals surface area (Å²) in [5, 5.41) is 4.12. The molecule has 1 atom stereocenters. The standard InChI is InChI=1S/C16H15ClN2O2/c1-16(12-4-3-5-13(17)7-12)8-10-6-11(15(20)21-2)9-18-14(10)19-16/h3-7,9H,8H2,1-2H3,(H,18,19). The van der Waals surface area contributed by atoms with Crippen molar-refractivity contribution in [3.63, 3.8) is 0 Å². The first-order valence-corrected chi connectivity index (χ1v) is 7.01. The van der Waals surface area contributed by atoms with Crippen LogP contribution in [-0.4, -0.2) is 18.1 Å². The van der Waals surface area contributed by atoms with Crippen LogP contribution in [0.4, 0.5) is 5.82 Å². The maximum absolute atomic E-state index is 11.6. The molecule has 0 fully saturated rings. The highest BCUT2D eigenvalue weighted by Crippen LogP contribution is 2.38. The summed E-state index contributed by atoms with van der Waals surface area (Å²) in [7, 11) is 1.36. The number of nitrogens with zero attached hydrogens (tertiary/aromatic N) is 1. The predicted octanol–water partition coefficient (Wildman–Crippen LogP) is 3.41. The van der Waals surface area contributed by atoms with Gasteiger partial charge in [-0.05, 0) is 36.2 Å². The quantitative estimate of drug-likeness (QED) is 0.864. The molecule has 1 N–H and O–H groups in total. The van der Waals surface area contributed by atoms with Crippen LogP contribution in [0.3, 0.4) is 0 Å². The fourth-order valence-electron chi connectivity index (χ4n) is 2.68. The molecule has 0 bridgehead atoms. The monoisotopic (exact) mass is 302 g/mol. The molecule has 108 valence electrons. The van der Waals surface area contributed by atoms with E-state index in [-0.39, 0.29) is 11.5 Å². The molecule has 21 heavy (non-hydrogen) atoms. The van der Waals surface area contributed by atoms with Crippen LogP contribution in [0.25, 0.3) is 0 Å². The fourth-order valence-corrected chi connectivity index (χ4v) is 2.87. The van der Waals surface area contributed by atoms with Gasteiger partial charge in [-0.1, -0.05) is 23.7 Å². The molecule has 0 saturated carbocycles. The van der Waals surface area contributed by atoms with Crippen molar-refractivity contribution in [2.24, 2.45) is 0 Å². The van der Waals surface area contributed by atoms with Gasteiger partial charge in [-0.25, -0.2) is 9.78 Å². The van der Waals surface area contributed by atoms with Gasteiger partial charge >= 0.3 is 5.97 Å². The molecule has 2 aromatic rings. The number of benzene rings is 1. The molecule has 0 amide bonds. The lowest BCUT2D eigenvalue weighted by Gasteiger charge is -2.25. The molecule has 1 aliphatic rings. The van der Waals surface area contributed by atoms with Crippen LogP contribution in [0.1, 0.15) is 28.4 Å². The molecule has 1 aromatic heterocycles. The summed E-state index contributed by atoms with van der Waals surface area (Å²) in [4.78, 5) is 15.9. The summed E-state index contributed by atoms with van der Waals surface area (Å²) in [6.45, 7) is 2.10. The highest BCUT2D eigenvalue weighted by molar-refractivity contribution is 6.30. The third-order valence-corrected chi connectivity index (χ3v) is 4.02. The Labute approximate surface area is 128 Å². The van der Waals surface area contributed by atoms with Crippen molar-refractivity contribution in [1.29, 1.82) is 0 Å². The smallest absolute Gasteiger partial charge is 0.339 e. The van der Waals surface area contributed by atoms with E-state index in [1.165, 1.54) is 13.3 Å². The minimum absolute atomic E-state index is 0.283. The number of rotatable bonds is 2. The molecule has 5 heteroatoms. The predicted molar refractivity (Wildman–Crippen MR) is 81.7 cm³/mol. The number of nitrogens with one attached hydrogen (secondary N) is 1. The molecule has 1 unspecified atom stereocenters. The summed E-state index contributed by atoms with van der Waals surface area (Å²) in [5.74, 6) is 0.423. The average molecular weight is 303 g/mol. The first kappa shape index (κ1) is 13.9. The molecule has 0 saturated heterocycles. The normalized spacial score (nSPS) is 19.8. The summed E-state index contributed by atoms with van der Waals surface area (Å²) >= 11 is 6.08. The number of ether oxygens (including phenoxy) is 1. The van der Waals surface area contributed by atoms with Crippen LogP contribution in [0.2, 0.25) is 5.02 Å². The van der Waals surface area contributed by atoms with Crippen molar-refractivity contribution in [3.05, 3.63) is 58.2 Å². The number of pyridine rings is 1. The van der Waals surface area contributed by atoms with Gasteiger partial charge in [0, 0.05) is 17.6 Å². The van der Waals surface area contributed by atoms with Crippen LogP contribution in [-0.2, 0) is 16.7 Å². The SMILES string of the molecule is COC(=O)c1cnc2c(c1)CC(C)(c1cccc(Cl)c1)N2. The molecule has 3 rings (SSSR count). The largest absolute Gasteiger partial charge is 0.465 e. The Hall–Kier alpha value is -2.07. The molecule has 0 aliphatic carbocycles. The number of methoxy groups -OCH3 is 1. The second-order valence-electron chi connectivity index (χ2n) is 5.37. The minimum Gasteiger partial charge on any atom is -0.465 e. The van der Waals surface area contributed by atoms with E-state index < -0.39 is 0 Å². The van der Waals surface area contributed by atoms with E-state index in [1.807, 2.05) is 30.3 Å². The Kier molecular flexibility index (Phi) is 3.33. The van der Waals surface area contributed by atoms with E-state index in [0.29, 0.717) is 10.6 Å². The van der Waals surface area contributed by atoms with Crippen LogP contribution in [0, 0.1) is 0 Å². The number of carbonyl (C=O) groups excluding carboxylic acids is 1. The third kappa shape index (κ3) is 2.47. The molecule has 0 radical (unpaired) electrons. The van der Waals surface area contributed by atoms with Crippen molar-refractivity contribution in [2.75, 3.05) is 12.4 Å². The van der Waals surface area contributed by atoms with Gasteiger partial charge in [-0.15, -0.1) is 0 Å². The topological polar surface area (TPSA) is 51.2 Å². The molecule has 4 nitrogen and oxygen atoms in total. The molecule has 2 heterocycles. The van der Waals surface area contributed by atoms with Gasteiger partial charge in [0.15, 0.2) is 0 Å². The molecular formula is C16H15ClN2O2. The molecular weight excluding hydrogens is 288 g/mol. The van der Waals surface area contributed by atoms with Gasteiger partial charge in [0.2, 0.25) is 0 Å². The Morgan fingerprint density at radius 3 is 2.95 bits per heavy atom. The zero-order valence-corrected chi connectivity index (χ0v) is 12.6. The van der Waals surface area contributed by atoms with Crippen LogP contribution in [0.5, 0.6) is 0 Å².